The quantitative estimate of drug-likeness (QED) is 0.234. The molecule has 1 aromatic heterocycles. The predicted octanol–water partition coefficient (Wildman–Crippen LogP) is 4.20. The molecule has 1 amide bonds. The third kappa shape index (κ3) is 8.39. The van der Waals surface area contributed by atoms with Gasteiger partial charge in [0.15, 0.2) is 11.5 Å². The first kappa shape index (κ1) is 34.2. The number of thioether (sulfide) groups is 1. The summed E-state index contributed by atoms with van der Waals surface area (Å²) >= 11 is 20.3. The van der Waals surface area contributed by atoms with E-state index in [4.69, 9.17) is 44.0 Å². The number of carboxylic acid groups (broad SMARTS) is 1. The minimum Gasteiger partial charge on any atom is -0.548 e. The number of ether oxygens (including phenoxy) is 1. The second-order valence-electron chi connectivity index (χ2n) is 9.30. The van der Waals surface area contributed by atoms with Crippen LogP contribution in [0.3, 0.4) is 0 Å². The van der Waals surface area contributed by atoms with E-state index in [1.54, 1.807) is 36.4 Å². The van der Waals surface area contributed by atoms with Crippen molar-refractivity contribution in [2.45, 2.75) is 32.6 Å². The molecule has 0 fully saturated rings. The fourth-order valence-electron chi connectivity index (χ4n) is 4.27. The fourth-order valence-corrected chi connectivity index (χ4v) is 5.30. The molecule has 0 saturated carbocycles. The molecule has 1 atom stereocenters. The molecule has 4 rings (SSSR count). The normalized spacial score (nSPS) is 11.5. The summed E-state index contributed by atoms with van der Waals surface area (Å²) in [5.74, 6) is -0.415. The molecule has 0 spiro atoms. The van der Waals surface area contributed by atoms with Crippen molar-refractivity contribution >= 4 is 58.4 Å². The van der Waals surface area contributed by atoms with E-state index >= 15 is 0 Å². The molecule has 214 valence electrons. The first-order valence-corrected chi connectivity index (χ1v) is 15.2. The number of carbonyl (C=O) groups excluding carboxylic acids is 2. The molecule has 3 aromatic carbocycles. The van der Waals surface area contributed by atoms with Gasteiger partial charge < -0.3 is 24.4 Å². The number of halogens is 3. The summed E-state index contributed by atoms with van der Waals surface area (Å²) in [5.41, 5.74) is 4.36. The van der Waals surface area contributed by atoms with Crippen LogP contribution in [0.4, 0.5) is 0 Å². The van der Waals surface area contributed by atoms with E-state index in [9.17, 15) is 14.7 Å². The van der Waals surface area contributed by atoms with Gasteiger partial charge in [0.1, 0.15) is 16.7 Å². The standard InChI is InChI=1S/C31H28Cl3NO5S.Li/c1-18-5-3-4-6-22(18)24-15-19(7-12-23(24)30(36)35-25(31(37)38)13-14-41-2)16-39-17-26-27(33)28(34)29(40-26)20-8-10-21(32)11-9-20;/h3-12,15,25H,13-14,16-17H2,1-2H3,(H,35,36)(H,37,38);/q;+1/p-1/t25-;/m0./s1. The van der Waals surface area contributed by atoms with Gasteiger partial charge in [-0.25, -0.2) is 0 Å². The van der Waals surface area contributed by atoms with Gasteiger partial charge in [0, 0.05) is 16.1 Å². The molecule has 0 aliphatic carbocycles. The Labute approximate surface area is 276 Å². The van der Waals surface area contributed by atoms with Crippen LogP contribution >= 0.6 is 46.6 Å². The zero-order valence-corrected chi connectivity index (χ0v) is 26.4. The van der Waals surface area contributed by atoms with Crippen LogP contribution < -0.4 is 29.3 Å². The molecule has 0 radical (unpaired) electrons. The maximum atomic E-state index is 13.3. The van der Waals surface area contributed by atoms with E-state index in [1.165, 1.54) is 11.8 Å². The van der Waals surface area contributed by atoms with Crippen LogP contribution in [-0.2, 0) is 22.7 Å². The molecule has 0 bridgehead atoms. The second-order valence-corrected chi connectivity index (χ2v) is 11.5. The van der Waals surface area contributed by atoms with E-state index in [-0.39, 0.29) is 48.5 Å². The van der Waals surface area contributed by atoms with E-state index in [2.05, 4.69) is 5.32 Å². The monoisotopic (exact) mass is 637 g/mol. The van der Waals surface area contributed by atoms with E-state index in [1.807, 2.05) is 43.5 Å². The number of carbonyl (C=O) groups is 2. The van der Waals surface area contributed by atoms with Gasteiger partial charge in [-0.05, 0) is 84.0 Å². The van der Waals surface area contributed by atoms with Crippen molar-refractivity contribution < 1.29 is 42.7 Å². The Morgan fingerprint density at radius 2 is 1.69 bits per heavy atom. The smallest absolute Gasteiger partial charge is 0.548 e. The van der Waals surface area contributed by atoms with E-state index in [0.717, 1.165) is 22.3 Å². The molecule has 1 N–H and O–H groups in total. The van der Waals surface area contributed by atoms with Crippen molar-refractivity contribution in [3.8, 4) is 22.5 Å². The molecule has 6 nitrogen and oxygen atoms in total. The SMILES string of the molecule is CSCC[C@H](NC(=O)c1ccc(COCc2oc(-c3ccc(Cl)cc3)c(Cl)c2Cl)cc1-c1ccccc1C)C(=O)[O-].[Li+]. The number of carboxylic acids is 1. The van der Waals surface area contributed by atoms with Crippen molar-refractivity contribution in [1.82, 2.24) is 5.32 Å². The molecule has 1 heterocycles. The summed E-state index contributed by atoms with van der Waals surface area (Å²) in [5, 5.41) is 15.4. The molecule has 0 saturated heterocycles. The first-order chi connectivity index (χ1) is 19.7. The van der Waals surface area contributed by atoms with Gasteiger partial charge in [-0.1, -0.05) is 65.1 Å². The number of hydrogen-bond donors (Lipinski definition) is 1. The van der Waals surface area contributed by atoms with E-state index < -0.39 is 17.9 Å². The van der Waals surface area contributed by atoms with Gasteiger partial charge in [0.05, 0.1) is 18.6 Å². The van der Waals surface area contributed by atoms with Crippen LogP contribution in [0, 0.1) is 6.92 Å². The Morgan fingerprint density at radius 3 is 2.36 bits per heavy atom. The molecule has 0 aliphatic rings. The van der Waals surface area contributed by atoms with Crippen LogP contribution in [0.25, 0.3) is 22.5 Å². The zero-order valence-electron chi connectivity index (χ0n) is 23.3. The Morgan fingerprint density at radius 1 is 0.976 bits per heavy atom. The van der Waals surface area contributed by atoms with Crippen molar-refractivity contribution in [3.05, 3.63) is 104 Å². The number of furan rings is 1. The zero-order chi connectivity index (χ0) is 29.5. The minimum atomic E-state index is -1.31. The Balaban J connectivity index is 0.00000484. The number of hydrogen-bond acceptors (Lipinski definition) is 6. The van der Waals surface area contributed by atoms with Crippen LogP contribution in [0.1, 0.15) is 33.7 Å². The average molecular weight is 639 g/mol. The number of rotatable bonds is 12. The second kappa shape index (κ2) is 15.9. The van der Waals surface area contributed by atoms with Crippen LogP contribution in [-0.4, -0.2) is 29.9 Å². The van der Waals surface area contributed by atoms with Crippen molar-refractivity contribution in [3.63, 3.8) is 0 Å². The third-order valence-corrected chi connectivity index (χ3v) is 8.19. The topological polar surface area (TPSA) is 91.6 Å². The van der Waals surface area contributed by atoms with Crippen molar-refractivity contribution in [1.29, 1.82) is 0 Å². The van der Waals surface area contributed by atoms with Gasteiger partial charge in [-0.15, -0.1) is 0 Å². The maximum absolute atomic E-state index is 13.3. The number of aliphatic carboxylic acids is 1. The number of nitrogens with one attached hydrogen (secondary N) is 1. The number of benzene rings is 3. The first-order valence-electron chi connectivity index (χ1n) is 12.7. The van der Waals surface area contributed by atoms with Gasteiger partial charge in [-0.2, -0.15) is 11.8 Å². The molecule has 0 unspecified atom stereocenters. The van der Waals surface area contributed by atoms with E-state index in [0.29, 0.717) is 33.4 Å². The van der Waals surface area contributed by atoms with Crippen LogP contribution in [0.2, 0.25) is 15.1 Å². The summed E-state index contributed by atoms with van der Waals surface area (Å²) < 4.78 is 11.8. The molecule has 4 aromatic rings. The number of aryl methyl sites for hydroxylation is 1. The fraction of sp³-hybridized carbons (Fsp3) is 0.226. The summed E-state index contributed by atoms with van der Waals surface area (Å²) in [4.78, 5) is 24.9. The number of amides is 1. The molecular formula is C31H27Cl3LiNO5S. The summed E-state index contributed by atoms with van der Waals surface area (Å²) in [6, 6.07) is 18.9. The van der Waals surface area contributed by atoms with Gasteiger partial charge >= 0.3 is 18.9 Å². The molecular weight excluding hydrogens is 612 g/mol. The molecule has 42 heavy (non-hydrogen) atoms. The predicted molar refractivity (Wildman–Crippen MR) is 164 cm³/mol. The summed E-state index contributed by atoms with van der Waals surface area (Å²) in [6.07, 6.45) is 2.14. The maximum Gasteiger partial charge on any atom is 1.00 e. The van der Waals surface area contributed by atoms with Gasteiger partial charge in [-0.3, -0.25) is 4.79 Å². The van der Waals surface area contributed by atoms with Crippen molar-refractivity contribution in [2.24, 2.45) is 0 Å². The third-order valence-electron chi connectivity index (χ3n) is 6.43. The van der Waals surface area contributed by atoms with Gasteiger partial charge in [0.2, 0.25) is 0 Å². The van der Waals surface area contributed by atoms with Gasteiger partial charge in [0.25, 0.3) is 5.91 Å². The summed E-state index contributed by atoms with van der Waals surface area (Å²) in [7, 11) is 0. The van der Waals surface area contributed by atoms with Crippen molar-refractivity contribution in [2.75, 3.05) is 12.0 Å². The summed E-state index contributed by atoms with van der Waals surface area (Å²) in [6.45, 7) is 2.21. The molecule has 0 aliphatic heterocycles. The Kier molecular flexibility index (Phi) is 13.0. The van der Waals surface area contributed by atoms with Crippen LogP contribution in [0.15, 0.2) is 71.1 Å². The largest absolute Gasteiger partial charge is 1.00 e. The minimum absolute atomic E-state index is 0. The Bertz CT molecular complexity index is 1540. The van der Waals surface area contributed by atoms with Crippen LogP contribution in [0.5, 0.6) is 0 Å². The Hall–Kier alpha value is -2.34. The molecule has 11 heteroatoms. The average Bonchev–Trinajstić information content (AvgIpc) is 3.24.